The van der Waals surface area contributed by atoms with Gasteiger partial charge in [0.25, 0.3) is 0 Å². The number of phenolic OH excluding ortho intramolecular Hbond substituents is 1. The van der Waals surface area contributed by atoms with Gasteiger partial charge >= 0.3 is 5.97 Å². The highest BCUT2D eigenvalue weighted by atomic mass is 16.5. The van der Waals surface area contributed by atoms with E-state index >= 15 is 0 Å². The van der Waals surface area contributed by atoms with Crippen molar-refractivity contribution in [3.05, 3.63) is 78.4 Å². The number of carbonyl (C=O) groups is 2. The molecule has 0 spiro atoms. The van der Waals surface area contributed by atoms with E-state index in [4.69, 9.17) is 9.84 Å². The number of ether oxygens (including phenoxy) is 1. The van der Waals surface area contributed by atoms with Crippen LogP contribution in [0.25, 0.3) is 0 Å². The minimum absolute atomic E-state index is 0.0198. The van der Waals surface area contributed by atoms with Crippen molar-refractivity contribution in [3.8, 4) is 5.75 Å². The molecular formula is C20H24O5. The van der Waals surface area contributed by atoms with E-state index in [-0.39, 0.29) is 11.5 Å². The third-order valence-electron chi connectivity index (χ3n) is 2.77. The second kappa shape index (κ2) is 13.5. The molecule has 0 radical (unpaired) electrons. The van der Waals surface area contributed by atoms with Crippen LogP contribution < -0.4 is 0 Å². The van der Waals surface area contributed by atoms with Crippen molar-refractivity contribution >= 4 is 11.8 Å². The molecule has 2 N–H and O–H groups in total. The number of carbonyl (C=O) groups excluding carboxylic acids is 1. The molecule has 2 aromatic rings. The Labute approximate surface area is 148 Å². The first-order valence-electron chi connectivity index (χ1n) is 7.78. The number of aliphatic carboxylic acids is 1. The summed E-state index contributed by atoms with van der Waals surface area (Å²) in [6.07, 6.45) is 0.833. The summed E-state index contributed by atoms with van der Waals surface area (Å²) in [5.74, 6) is -1.12. The number of carboxylic acid groups (broad SMARTS) is 1. The number of phenols is 1. The van der Waals surface area contributed by atoms with Crippen molar-refractivity contribution in [1.82, 2.24) is 0 Å². The Hall–Kier alpha value is -2.92. The van der Waals surface area contributed by atoms with Crippen LogP contribution in [0.4, 0.5) is 0 Å². The molecule has 0 aliphatic rings. The van der Waals surface area contributed by atoms with E-state index < -0.39 is 5.97 Å². The average molecular weight is 344 g/mol. The van der Waals surface area contributed by atoms with Gasteiger partial charge in [0.05, 0.1) is 5.56 Å². The van der Waals surface area contributed by atoms with Crippen molar-refractivity contribution in [3.63, 3.8) is 0 Å². The molecular weight excluding hydrogens is 320 g/mol. The molecule has 0 heterocycles. The fourth-order valence-corrected chi connectivity index (χ4v) is 1.61. The predicted octanol–water partition coefficient (Wildman–Crippen LogP) is 3.92. The Balaban J connectivity index is 0.000000480. The van der Waals surface area contributed by atoms with Gasteiger partial charge in [0.1, 0.15) is 5.75 Å². The van der Waals surface area contributed by atoms with Crippen LogP contribution in [0.2, 0.25) is 0 Å². The normalized spacial score (nSPS) is 8.88. The van der Waals surface area contributed by atoms with Gasteiger partial charge in [0.2, 0.25) is 0 Å². The largest absolute Gasteiger partial charge is 0.507 e. The highest BCUT2D eigenvalue weighted by Crippen LogP contribution is 2.19. The number of hydrogen-bond acceptors (Lipinski definition) is 4. The van der Waals surface area contributed by atoms with E-state index in [0.717, 1.165) is 19.3 Å². The minimum Gasteiger partial charge on any atom is -0.507 e. The van der Waals surface area contributed by atoms with Crippen molar-refractivity contribution < 1.29 is 24.5 Å². The van der Waals surface area contributed by atoms with Gasteiger partial charge in [-0.2, -0.15) is 0 Å². The van der Waals surface area contributed by atoms with Crippen molar-refractivity contribution in [1.29, 1.82) is 0 Å². The van der Waals surface area contributed by atoms with Gasteiger partial charge in [-0.1, -0.05) is 49.0 Å². The van der Waals surface area contributed by atoms with Gasteiger partial charge in [-0.25, -0.2) is 4.79 Å². The highest BCUT2D eigenvalue weighted by molar-refractivity contribution is 6.10. The molecule has 0 saturated carbocycles. The van der Waals surface area contributed by atoms with E-state index in [1.54, 1.807) is 42.5 Å². The van der Waals surface area contributed by atoms with Crippen LogP contribution in [0.5, 0.6) is 5.75 Å². The molecule has 0 unspecified atom stereocenters. The molecule has 2 aromatic carbocycles. The van der Waals surface area contributed by atoms with Gasteiger partial charge < -0.3 is 14.9 Å². The first-order chi connectivity index (χ1) is 12.0. The lowest BCUT2D eigenvalue weighted by molar-refractivity contribution is -0.131. The molecule has 0 fully saturated rings. The maximum absolute atomic E-state index is 11.9. The van der Waals surface area contributed by atoms with Crippen LogP contribution in [0.15, 0.2) is 67.3 Å². The van der Waals surface area contributed by atoms with E-state index in [1.807, 2.05) is 19.9 Å². The maximum atomic E-state index is 11.9. The SMILES string of the molecule is C=CC(=O)O.CCOCC.O=C(c1ccccc1)c1ccccc1O. The minimum atomic E-state index is -0.981. The molecule has 2 rings (SSSR count). The van der Waals surface area contributed by atoms with Crippen LogP contribution in [0.3, 0.4) is 0 Å². The average Bonchev–Trinajstić information content (AvgIpc) is 2.64. The Morgan fingerprint density at radius 1 is 1.00 bits per heavy atom. The zero-order valence-electron chi connectivity index (χ0n) is 14.5. The van der Waals surface area contributed by atoms with Crippen molar-refractivity contribution in [2.75, 3.05) is 13.2 Å². The maximum Gasteiger partial charge on any atom is 0.327 e. The third kappa shape index (κ3) is 9.73. The zero-order valence-corrected chi connectivity index (χ0v) is 14.5. The van der Waals surface area contributed by atoms with Crippen LogP contribution in [0, 0.1) is 0 Å². The van der Waals surface area contributed by atoms with Crippen molar-refractivity contribution in [2.24, 2.45) is 0 Å². The van der Waals surface area contributed by atoms with E-state index in [1.165, 1.54) is 6.07 Å². The lowest BCUT2D eigenvalue weighted by Crippen LogP contribution is -2.00. The number of ketones is 1. The molecule has 0 amide bonds. The molecule has 5 heteroatoms. The first-order valence-corrected chi connectivity index (χ1v) is 7.78. The van der Waals surface area contributed by atoms with E-state index in [0.29, 0.717) is 11.1 Å². The second-order valence-corrected chi connectivity index (χ2v) is 4.54. The molecule has 0 saturated heterocycles. The number of aromatic hydroxyl groups is 1. The fraction of sp³-hybridized carbons (Fsp3) is 0.200. The molecule has 0 aromatic heterocycles. The summed E-state index contributed by atoms with van der Waals surface area (Å²) in [7, 11) is 0. The molecule has 25 heavy (non-hydrogen) atoms. The zero-order chi connectivity index (χ0) is 19.1. The molecule has 5 nitrogen and oxygen atoms in total. The summed E-state index contributed by atoms with van der Waals surface area (Å²) in [5, 5.41) is 17.1. The lowest BCUT2D eigenvalue weighted by Gasteiger charge is -2.02. The standard InChI is InChI=1S/C13H10O2.C4H10O.C3H4O2/c14-12-9-5-4-8-11(12)13(15)10-6-2-1-3-7-10;1-3-5-4-2;1-2-3(4)5/h1-9,14H;3-4H2,1-2H3;2H,1H2,(H,4,5). The topological polar surface area (TPSA) is 83.8 Å². The summed E-state index contributed by atoms with van der Waals surface area (Å²) in [5.41, 5.74) is 0.919. The summed E-state index contributed by atoms with van der Waals surface area (Å²) in [6, 6.07) is 15.5. The number of rotatable bonds is 5. The van der Waals surface area contributed by atoms with Crippen LogP contribution >= 0.6 is 0 Å². The van der Waals surface area contributed by atoms with Crippen molar-refractivity contribution in [2.45, 2.75) is 13.8 Å². The van der Waals surface area contributed by atoms with Crippen LogP contribution in [-0.2, 0) is 9.53 Å². The Morgan fingerprint density at radius 2 is 1.48 bits per heavy atom. The molecule has 134 valence electrons. The van der Waals surface area contributed by atoms with Crippen LogP contribution in [-0.4, -0.2) is 35.2 Å². The van der Waals surface area contributed by atoms with Crippen LogP contribution in [0.1, 0.15) is 29.8 Å². The van der Waals surface area contributed by atoms with E-state index in [9.17, 15) is 14.7 Å². The smallest absolute Gasteiger partial charge is 0.327 e. The molecule has 0 aliphatic heterocycles. The van der Waals surface area contributed by atoms with Gasteiger partial charge in [-0.15, -0.1) is 0 Å². The Morgan fingerprint density at radius 3 is 1.88 bits per heavy atom. The monoisotopic (exact) mass is 344 g/mol. The van der Waals surface area contributed by atoms with Gasteiger partial charge in [0.15, 0.2) is 5.78 Å². The lowest BCUT2D eigenvalue weighted by atomic mass is 10.0. The first kappa shape index (κ1) is 22.1. The van der Waals surface area contributed by atoms with Gasteiger partial charge in [-0.05, 0) is 26.0 Å². The Kier molecular flexibility index (Phi) is 11.9. The number of carboxylic acids is 1. The number of benzene rings is 2. The third-order valence-corrected chi connectivity index (χ3v) is 2.77. The van der Waals surface area contributed by atoms with Gasteiger partial charge in [-0.3, -0.25) is 4.79 Å². The summed E-state index contributed by atoms with van der Waals surface area (Å²) in [6.45, 7) is 8.63. The predicted molar refractivity (Wildman–Crippen MR) is 98.0 cm³/mol. The molecule has 0 bridgehead atoms. The summed E-state index contributed by atoms with van der Waals surface area (Å²) in [4.78, 5) is 21.2. The van der Waals surface area contributed by atoms with E-state index in [2.05, 4.69) is 6.58 Å². The molecule has 0 atom stereocenters. The number of hydrogen-bond donors (Lipinski definition) is 2. The fourth-order valence-electron chi connectivity index (χ4n) is 1.61. The summed E-state index contributed by atoms with van der Waals surface area (Å²) >= 11 is 0. The number of para-hydroxylation sites is 1. The Bertz CT molecular complexity index is 648. The van der Waals surface area contributed by atoms with Gasteiger partial charge in [0, 0.05) is 24.9 Å². The summed E-state index contributed by atoms with van der Waals surface area (Å²) < 4.78 is 4.83. The second-order valence-electron chi connectivity index (χ2n) is 4.54. The quantitative estimate of drug-likeness (QED) is 0.634. The highest BCUT2D eigenvalue weighted by Gasteiger charge is 2.11. The molecule has 0 aliphatic carbocycles.